The molecule has 1 saturated carbocycles. The Labute approximate surface area is 145 Å². The summed E-state index contributed by atoms with van der Waals surface area (Å²) < 4.78 is 0. The van der Waals surface area contributed by atoms with Crippen LogP contribution in [0.3, 0.4) is 0 Å². The first-order chi connectivity index (χ1) is 11.6. The van der Waals surface area contributed by atoms with Crippen LogP contribution < -0.4 is 5.32 Å². The van der Waals surface area contributed by atoms with Gasteiger partial charge in [-0.15, -0.1) is 0 Å². The first kappa shape index (κ1) is 17.1. The smallest absolute Gasteiger partial charge is 0.298 e. The van der Waals surface area contributed by atoms with Crippen LogP contribution in [0.5, 0.6) is 0 Å². The van der Waals surface area contributed by atoms with Gasteiger partial charge in [0.1, 0.15) is 0 Å². The van der Waals surface area contributed by atoms with Crippen LogP contribution in [0, 0.1) is 23.2 Å². The number of hydrogen-bond donors (Lipinski definition) is 1. The van der Waals surface area contributed by atoms with Gasteiger partial charge in [0.15, 0.2) is 0 Å². The Balaban J connectivity index is 1.40. The van der Waals surface area contributed by atoms with Crippen molar-refractivity contribution in [3.8, 4) is 11.8 Å². The molecule has 0 aromatic rings. The third-order valence-corrected chi connectivity index (χ3v) is 5.91. The number of rotatable bonds is 4. The summed E-state index contributed by atoms with van der Waals surface area (Å²) in [4.78, 5) is 26.0. The van der Waals surface area contributed by atoms with E-state index in [1.54, 1.807) is 6.92 Å². The number of amides is 2. The molecule has 2 fully saturated rings. The third-order valence-electron chi connectivity index (χ3n) is 5.91. The predicted molar refractivity (Wildman–Crippen MR) is 94.0 cm³/mol. The van der Waals surface area contributed by atoms with E-state index in [0.29, 0.717) is 0 Å². The van der Waals surface area contributed by atoms with Gasteiger partial charge in [0.25, 0.3) is 5.91 Å². The highest BCUT2D eigenvalue weighted by Crippen LogP contribution is 2.59. The van der Waals surface area contributed by atoms with E-state index in [1.807, 2.05) is 4.90 Å². The lowest BCUT2D eigenvalue weighted by molar-refractivity contribution is -0.127. The lowest BCUT2D eigenvalue weighted by atomic mass is 9.90. The minimum Gasteiger partial charge on any atom is -0.356 e. The molecule has 3 aliphatic rings. The maximum atomic E-state index is 12.4. The summed E-state index contributed by atoms with van der Waals surface area (Å²) in [6.45, 7) is 3.94. The largest absolute Gasteiger partial charge is 0.356 e. The number of piperidine rings is 1. The van der Waals surface area contributed by atoms with Crippen molar-refractivity contribution in [1.29, 1.82) is 0 Å². The van der Waals surface area contributed by atoms with Crippen LogP contribution >= 0.6 is 0 Å². The summed E-state index contributed by atoms with van der Waals surface area (Å²) in [6.07, 6.45) is 11.2. The van der Waals surface area contributed by atoms with Crippen LogP contribution in [0.15, 0.2) is 11.6 Å². The van der Waals surface area contributed by atoms with Crippen molar-refractivity contribution in [3.05, 3.63) is 11.6 Å². The van der Waals surface area contributed by atoms with Gasteiger partial charge in [-0.3, -0.25) is 9.59 Å². The molecule has 0 radical (unpaired) electrons. The third kappa shape index (κ3) is 3.83. The summed E-state index contributed by atoms with van der Waals surface area (Å²) in [7, 11) is 0. The molecule has 0 aromatic carbocycles. The summed E-state index contributed by atoms with van der Waals surface area (Å²) in [5, 5.41) is 3.14. The summed E-state index contributed by atoms with van der Waals surface area (Å²) in [5.41, 5.74) is 1.67. The zero-order valence-corrected chi connectivity index (χ0v) is 14.7. The number of nitrogens with one attached hydrogen (secondary N) is 1. The van der Waals surface area contributed by atoms with E-state index in [1.165, 1.54) is 31.3 Å². The topological polar surface area (TPSA) is 49.4 Å². The Morgan fingerprint density at radius 2 is 2.12 bits per heavy atom. The van der Waals surface area contributed by atoms with Crippen LogP contribution in [0.2, 0.25) is 0 Å². The minimum atomic E-state index is -0.0743. The van der Waals surface area contributed by atoms with Crippen LogP contribution in [0.1, 0.15) is 58.3 Å². The molecule has 1 N–H and O–H groups in total. The molecule has 2 amide bonds. The van der Waals surface area contributed by atoms with Gasteiger partial charge in [-0.1, -0.05) is 17.6 Å². The highest BCUT2D eigenvalue weighted by molar-refractivity contribution is 5.93. The highest BCUT2D eigenvalue weighted by Gasteiger charge is 2.58. The normalized spacial score (nSPS) is 24.6. The number of carbonyl (C=O) groups is 2. The van der Waals surface area contributed by atoms with E-state index < -0.39 is 0 Å². The second-order valence-electron chi connectivity index (χ2n) is 7.44. The van der Waals surface area contributed by atoms with Crippen molar-refractivity contribution in [1.82, 2.24) is 10.2 Å². The summed E-state index contributed by atoms with van der Waals surface area (Å²) >= 11 is 0. The van der Waals surface area contributed by atoms with Crippen molar-refractivity contribution in [2.24, 2.45) is 11.3 Å². The summed E-state index contributed by atoms with van der Waals surface area (Å²) in [5.74, 6) is 5.58. The predicted octanol–water partition coefficient (Wildman–Crippen LogP) is 2.65. The molecule has 1 saturated heterocycles. The van der Waals surface area contributed by atoms with E-state index in [-0.39, 0.29) is 23.1 Å². The van der Waals surface area contributed by atoms with E-state index >= 15 is 0 Å². The Kier molecular flexibility index (Phi) is 5.28. The van der Waals surface area contributed by atoms with Crippen molar-refractivity contribution in [3.63, 3.8) is 0 Å². The number of carbonyl (C=O) groups excluding carboxylic acids is 2. The van der Waals surface area contributed by atoms with Crippen molar-refractivity contribution in [2.75, 3.05) is 19.6 Å². The Hall–Kier alpha value is -1.76. The Morgan fingerprint density at radius 3 is 2.79 bits per heavy atom. The molecule has 1 aliphatic heterocycles. The number of likely N-dealkylation sites (tertiary alicyclic amines) is 1. The second-order valence-corrected chi connectivity index (χ2v) is 7.44. The molecule has 0 aromatic heterocycles. The van der Waals surface area contributed by atoms with Crippen molar-refractivity contribution < 1.29 is 9.59 Å². The number of nitrogens with zero attached hydrogens (tertiary/aromatic N) is 1. The van der Waals surface area contributed by atoms with E-state index in [4.69, 9.17) is 0 Å². The SMILES string of the molecule is CC#CC(=O)N1CCC2(CC1)CC2C(=O)NCCC1=CCCCC1. The molecule has 3 rings (SSSR count). The van der Waals surface area contributed by atoms with E-state index in [9.17, 15) is 9.59 Å². The molecule has 1 spiro atoms. The van der Waals surface area contributed by atoms with Gasteiger partial charge < -0.3 is 10.2 Å². The zero-order valence-electron chi connectivity index (χ0n) is 14.7. The fraction of sp³-hybridized carbons (Fsp3) is 0.700. The molecule has 1 atom stereocenters. The van der Waals surface area contributed by atoms with Gasteiger partial charge in [0.2, 0.25) is 5.91 Å². The molecule has 0 bridgehead atoms. The molecule has 2 aliphatic carbocycles. The molecule has 130 valence electrons. The maximum absolute atomic E-state index is 12.4. The van der Waals surface area contributed by atoms with Crippen LogP contribution in [0.25, 0.3) is 0 Å². The molecule has 4 heteroatoms. The zero-order chi connectivity index (χ0) is 17.0. The van der Waals surface area contributed by atoms with Gasteiger partial charge >= 0.3 is 0 Å². The van der Waals surface area contributed by atoms with Gasteiger partial charge in [-0.25, -0.2) is 0 Å². The minimum absolute atomic E-state index is 0.0743. The monoisotopic (exact) mass is 328 g/mol. The lowest BCUT2D eigenvalue weighted by Gasteiger charge is -2.31. The fourth-order valence-corrected chi connectivity index (χ4v) is 4.21. The van der Waals surface area contributed by atoms with Gasteiger partial charge in [0, 0.05) is 25.6 Å². The van der Waals surface area contributed by atoms with Crippen LogP contribution in [-0.4, -0.2) is 36.3 Å². The Morgan fingerprint density at radius 1 is 1.33 bits per heavy atom. The molecule has 4 nitrogen and oxygen atoms in total. The molecule has 1 heterocycles. The molecular formula is C20H28N2O2. The second kappa shape index (κ2) is 7.42. The van der Waals surface area contributed by atoms with Gasteiger partial charge in [-0.2, -0.15) is 0 Å². The maximum Gasteiger partial charge on any atom is 0.298 e. The molecule has 1 unspecified atom stereocenters. The van der Waals surface area contributed by atoms with Crippen LogP contribution in [-0.2, 0) is 9.59 Å². The van der Waals surface area contributed by atoms with Gasteiger partial charge in [-0.05, 0) is 69.6 Å². The fourth-order valence-electron chi connectivity index (χ4n) is 4.21. The van der Waals surface area contributed by atoms with Crippen LogP contribution in [0.4, 0.5) is 0 Å². The average molecular weight is 328 g/mol. The van der Waals surface area contributed by atoms with E-state index in [2.05, 4.69) is 23.2 Å². The standard InChI is InChI=1S/C20H28N2O2/c1-2-6-18(23)22-13-10-20(11-14-22)15-17(20)19(24)21-12-9-16-7-4-3-5-8-16/h7,17H,3-5,8-15H2,1H3,(H,21,24). The first-order valence-corrected chi connectivity index (χ1v) is 9.32. The highest BCUT2D eigenvalue weighted by atomic mass is 16.2. The van der Waals surface area contributed by atoms with E-state index in [0.717, 1.165) is 45.3 Å². The quantitative estimate of drug-likeness (QED) is 0.637. The van der Waals surface area contributed by atoms with Crippen molar-refractivity contribution in [2.45, 2.75) is 58.3 Å². The first-order valence-electron chi connectivity index (χ1n) is 9.32. The van der Waals surface area contributed by atoms with Crippen molar-refractivity contribution >= 4 is 11.8 Å². The van der Waals surface area contributed by atoms with Gasteiger partial charge in [0.05, 0.1) is 0 Å². The molecular weight excluding hydrogens is 300 g/mol. The molecule has 24 heavy (non-hydrogen) atoms. The number of allylic oxidation sites excluding steroid dienone is 1. The average Bonchev–Trinajstić information content (AvgIpc) is 3.30. The Bertz CT molecular complexity index is 588. The lowest BCUT2D eigenvalue weighted by Crippen LogP contribution is -2.40. The summed E-state index contributed by atoms with van der Waals surface area (Å²) in [6, 6.07) is 0. The number of hydrogen-bond acceptors (Lipinski definition) is 2.